The molecule has 0 atom stereocenters. The summed E-state index contributed by atoms with van der Waals surface area (Å²) in [7, 11) is 0. The summed E-state index contributed by atoms with van der Waals surface area (Å²) in [5, 5.41) is 14.6. The maximum absolute atomic E-state index is 13.3. The van der Waals surface area contributed by atoms with E-state index < -0.39 is 23.3 Å². The number of aryl methyl sites for hydroxylation is 1. The van der Waals surface area contributed by atoms with Crippen LogP contribution < -0.4 is 10.1 Å². The molecule has 2 aromatic heterocycles. The van der Waals surface area contributed by atoms with Gasteiger partial charge in [-0.25, -0.2) is 9.78 Å². The highest BCUT2D eigenvalue weighted by Gasteiger charge is 2.31. The molecule has 0 unspecified atom stereocenters. The molecular formula is C28H25F3N2O4S2. The molecule has 2 N–H and O–H groups in total. The van der Waals surface area contributed by atoms with Crippen molar-refractivity contribution in [3.63, 3.8) is 0 Å². The molecule has 6 nitrogen and oxygen atoms in total. The van der Waals surface area contributed by atoms with E-state index in [0.29, 0.717) is 33.3 Å². The Labute approximate surface area is 231 Å². The Bertz CT molecular complexity index is 1480. The molecule has 204 valence electrons. The molecule has 4 rings (SSSR count). The van der Waals surface area contributed by atoms with Gasteiger partial charge in [-0.2, -0.15) is 13.2 Å². The van der Waals surface area contributed by atoms with Crippen LogP contribution in [-0.2, 0) is 23.9 Å². The number of ether oxygens (including phenoxy) is 1. The molecule has 0 bridgehead atoms. The second-order valence-corrected chi connectivity index (χ2v) is 11.3. The van der Waals surface area contributed by atoms with Crippen molar-refractivity contribution in [2.24, 2.45) is 0 Å². The van der Waals surface area contributed by atoms with Gasteiger partial charge in [0.05, 0.1) is 11.3 Å². The van der Waals surface area contributed by atoms with Crippen molar-refractivity contribution in [3.05, 3.63) is 92.1 Å². The topological polar surface area (TPSA) is 88.5 Å². The number of aliphatic carboxylic acids is 1. The molecule has 1 amide bonds. The molecule has 0 aliphatic rings. The van der Waals surface area contributed by atoms with Crippen molar-refractivity contribution in [2.45, 2.75) is 45.5 Å². The lowest BCUT2D eigenvalue weighted by molar-refractivity contribution is -0.152. The fourth-order valence-corrected chi connectivity index (χ4v) is 5.39. The van der Waals surface area contributed by atoms with Crippen molar-refractivity contribution in [1.29, 1.82) is 0 Å². The summed E-state index contributed by atoms with van der Waals surface area (Å²) in [6.07, 6.45) is -4.02. The zero-order valence-electron chi connectivity index (χ0n) is 21.3. The number of carboxylic acid groups (broad SMARTS) is 1. The number of alkyl halides is 3. The van der Waals surface area contributed by atoms with Gasteiger partial charge in [0.15, 0.2) is 5.60 Å². The van der Waals surface area contributed by atoms with E-state index in [1.807, 2.05) is 24.4 Å². The number of rotatable bonds is 9. The molecule has 0 radical (unpaired) electrons. The van der Waals surface area contributed by atoms with Crippen LogP contribution in [-0.4, -0.2) is 27.6 Å². The van der Waals surface area contributed by atoms with Crippen LogP contribution in [0.1, 0.15) is 50.8 Å². The number of carbonyl (C=O) groups excluding carboxylic acids is 1. The summed E-state index contributed by atoms with van der Waals surface area (Å²) >= 11 is 2.66. The summed E-state index contributed by atoms with van der Waals surface area (Å²) in [5.41, 5.74) is 0.524. The highest BCUT2D eigenvalue weighted by molar-refractivity contribution is 7.17. The molecule has 11 heteroatoms. The molecule has 0 spiro atoms. The normalized spacial score (nSPS) is 11.8. The van der Waals surface area contributed by atoms with E-state index in [1.54, 1.807) is 18.2 Å². The van der Waals surface area contributed by atoms with Gasteiger partial charge in [-0.1, -0.05) is 24.3 Å². The van der Waals surface area contributed by atoms with E-state index in [2.05, 4.69) is 10.3 Å². The quantitative estimate of drug-likeness (QED) is 0.226. The number of thiophene rings is 1. The van der Waals surface area contributed by atoms with Gasteiger partial charge in [0.1, 0.15) is 15.6 Å². The van der Waals surface area contributed by atoms with Crippen molar-refractivity contribution >= 4 is 34.6 Å². The van der Waals surface area contributed by atoms with Crippen LogP contribution in [0.25, 0.3) is 10.6 Å². The molecule has 0 fully saturated rings. The number of benzene rings is 2. The average molecular weight is 575 g/mol. The van der Waals surface area contributed by atoms with Gasteiger partial charge < -0.3 is 15.2 Å². The minimum Gasteiger partial charge on any atom is -0.478 e. The average Bonchev–Trinajstić information content (AvgIpc) is 3.53. The molecule has 2 aromatic carbocycles. The number of amides is 1. The van der Waals surface area contributed by atoms with Gasteiger partial charge in [-0.15, -0.1) is 22.7 Å². The Kier molecular flexibility index (Phi) is 8.12. The summed E-state index contributed by atoms with van der Waals surface area (Å²) in [4.78, 5) is 30.6. The van der Waals surface area contributed by atoms with Crippen LogP contribution in [0.2, 0.25) is 0 Å². The SMILES string of the molecule is Cc1cc(OC(C)(C)C(=O)O)ccc1CNC(=O)c1sc(-c2ccc(C(F)(F)F)cc2)nc1Cc1cccs1. The highest BCUT2D eigenvalue weighted by atomic mass is 32.1. The molecule has 2 heterocycles. The largest absolute Gasteiger partial charge is 0.478 e. The number of aromatic nitrogens is 1. The predicted octanol–water partition coefficient (Wildman–Crippen LogP) is 6.96. The van der Waals surface area contributed by atoms with Crippen molar-refractivity contribution in [3.8, 4) is 16.3 Å². The monoisotopic (exact) mass is 574 g/mol. The first-order chi connectivity index (χ1) is 18.3. The third kappa shape index (κ3) is 6.85. The highest BCUT2D eigenvalue weighted by Crippen LogP contribution is 2.34. The number of carbonyl (C=O) groups is 2. The zero-order chi connectivity index (χ0) is 28.4. The van der Waals surface area contributed by atoms with Gasteiger partial charge in [0, 0.05) is 23.4 Å². The number of thiazole rings is 1. The first kappa shape index (κ1) is 28.3. The van der Waals surface area contributed by atoms with Crippen LogP contribution in [0.4, 0.5) is 13.2 Å². The first-order valence-electron chi connectivity index (χ1n) is 11.8. The lowest BCUT2D eigenvalue weighted by Gasteiger charge is -2.22. The van der Waals surface area contributed by atoms with Crippen molar-refractivity contribution < 1.29 is 32.6 Å². The smallest absolute Gasteiger partial charge is 0.416 e. The second kappa shape index (κ2) is 11.2. The summed E-state index contributed by atoms with van der Waals surface area (Å²) < 4.78 is 44.6. The molecular weight excluding hydrogens is 549 g/mol. The zero-order valence-corrected chi connectivity index (χ0v) is 22.9. The van der Waals surface area contributed by atoms with Gasteiger partial charge in [0.2, 0.25) is 0 Å². The van der Waals surface area contributed by atoms with Gasteiger partial charge in [0.25, 0.3) is 5.91 Å². The Morgan fingerprint density at radius 2 is 1.79 bits per heavy atom. The van der Waals surface area contributed by atoms with E-state index in [1.165, 1.54) is 37.3 Å². The van der Waals surface area contributed by atoms with Crippen LogP contribution in [0.3, 0.4) is 0 Å². The van der Waals surface area contributed by atoms with Crippen molar-refractivity contribution in [2.75, 3.05) is 0 Å². The third-order valence-corrected chi connectivity index (χ3v) is 7.95. The Hall–Kier alpha value is -3.70. The summed E-state index contributed by atoms with van der Waals surface area (Å²) in [6, 6.07) is 13.7. The number of halogens is 3. The molecule has 0 aliphatic heterocycles. The van der Waals surface area contributed by atoms with Crippen LogP contribution in [0.15, 0.2) is 60.0 Å². The second-order valence-electron chi connectivity index (χ2n) is 9.31. The van der Waals surface area contributed by atoms with Crippen LogP contribution >= 0.6 is 22.7 Å². The van der Waals surface area contributed by atoms with Gasteiger partial charge >= 0.3 is 12.1 Å². The number of nitrogens with zero attached hydrogens (tertiary/aromatic N) is 1. The fraction of sp³-hybridized carbons (Fsp3) is 0.250. The number of nitrogens with one attached hydrogen (secondary N) is 1. The molecule has 39 heavy (non-hydrogen) atoms. The first-order valence-corrected chi connectivity index (χ1v) is 13.5. The standard InChI is InChI=1S/C28H25F3N2O4S2/c1-16-13-20(37-27(2,3)26(35)36)11-8-18(16)15-32-24(34)23-22(14-21-5-4-12-38-21)33-25(39-23)17-6-9-19(10-7-17)28(29,30)31/h4-13H,14-15H2,1-3H3,(H,32,34)(H,35,36). The van der Waals surface area contributed by atoms with E-state index in [-0.39, 0.29) is 12.5 Å². The Balaban J connectivity index is 1.54. The minimum absolute atomic E-state index is 0.208. The van der Waals surface area contributed by atoms with Gasteiger partial charge in [-0.3, -0.25) is 4.79 Å². The lowest BCUT2D eigenvalue weighted by atomic mass is 10.1. The summed E-state index contributed by atoms with van der Waals surface area (Å²) in [5.74, 6) is -1.03. The molecule has 0 aliphatic carbocycles. The van der Waals surface area contributed by atoms with Crippen LogP contribution in [0.5, 0.6) is 5.75 Å². The van der Waals surface area contributed by atoms with E-state index >= 15 is 0 Å². The molecule has 0 saturated heterocycles. The molecule has 4 aromatic rings. The number of carboxylic acids is 1. The maximum Gasteiger partial charge on any atom is 0.416 e. The van der Waals surface area contributed by atoms with Crippen LogP contribution in [0, 0.1) is 6.92 Å². The molecule has 0 saturated carbocycles. The van der Waals surface area contributed by atoms with Crippen molar-refractivity contribution in [1.82, 2.24) is 10.3 Å². The third-order valence-electron chi connectivity index (χ3n) is 5.93. The lowest BCUT2D eigenvalue weighted by Crippen LogP contribution is -2.37. The predicted molar refractivity (Wildman–Crippen MR) is 144 cm³/mol. The minimum atomic E-state index is -4.44. The number of hydrogen-bond acceptors (Lipinski definition) is 6. The van der Waals surface area contributed by atoms with E-state index in [9.17, 15) is 27.9 Å². The summed E-state index contributed by atoms with van der Waals surface area (Å²) in [6.45, 7) is 4.96. The number of hydrogen-bond donors (Lipinski definition) is 2. The van der Waals surface area contributed by atoms with E-state index in [0.717, 1.165) is 39.5 Å². The van der Waals surface area contributed by atoms with Gasteiger partial charge in [-0.05, 0) is 67.6 Å². The van der Waals surface area contributed by atoms with E-state index in [4.69, 9.17) is 4.74 Å². The Morgan fingerprint density at radius 1 is 1.08 bits per heavy atom. The Morgan fingerprint density at radius 3 is 2.38 bits per heavy atom. The fourth-order valence-electron chi connectivity index (χ4n) is 3.68. The maximum atomic E-state index is 13.3.